The smallest absolute Gasteiger partial charge is 0.223 e. The minimum Gasteiger partial charge on any atom is -0.368 e. The lowest BCUT2D eigenvalue weighted by molar-refractivity contribution is 0.997. The van der Waals surface area contributed by atoms with Crippen LogP contribution >= 0.6 is 0 Å². The molecule has 2 heterocycles. The number of hydrogen-bond donors (Lipinski definition) is 2. The number of anilines is 2. The van der Waals surface area contributed by atoms with Crippen LogP contribution in [-0.4, -0.2) is 28.0 Å². The lowest BCUT2D eigenvalue weighted by atomic mass is 10.1. The van der Waals surface area contributed by atoms with Crippen LogP contribution in [0.25, 0.3) is 11.3 Å². The van der Waals surface area contributed by atoms with Crippen LogP contribution in [0, 0.1) is 0 Å². The molecule has 5 heteroatoms. The molecule has 122 valence electrons. The van der Waals surface area contributed by atoms with Crippen LogP contribution in [-0.2, 0) is 6.42 Å². The van der Waals surface area contributed by atoms with E-state index >= 15 is 0 Å². The quantitative estimate of drug-likeness (QED) is 0.651. The molecule has 3 rings (SSSR count). The minimum absolute atomic E-state index is 0.647. The van der Waals surface area contributed by atoms with Crippen molar-refractivity contribution in [3.05, 3.63) is 66.5 Å². The summed E-state index contributed by atoms with van der Waals surface area (Å²) in [5.74, 6) is 1.51. The molecular formula is C19H21N5. The molecule has 0 aliphatic heterocycles. The van der Waals surface area contributed by atoms with Gasteiger partial charge in [-0.25, -0.2) is 15.0 Å². The summed E-state index contributed by atoms with van der Waals surface area (Å²) in [6, 6.07) is 16.0. The van der Waals surface area contributed by atoms with E-state index in [9.17, 15) is 0 Å². The third-order valence-corrected chi connectivity index (χ3v) is 3.67. The number of hydrogen-bond acceptors (Lipinski definition) is 5. The molecule has 24 heavy (non-hydrogen) atoms. The summed E-state index contributed by atoms with van der Waals surface area (Å²) in [7, 11) is 0. The Morgan fingerprint density at radius 3 is 2.42 bits per heavy atom. The first kappa shape index (κ1) is 15.9. The van der Waals surface area contributed by atoms with Crippen molar-refractivity contribution >= 4 is 11.8 Å². The Morgan fingerprint density at radius 1 is 0.875 bits per heavy atom. The van der Waals surface area contributed by atoms with Gasteiger partial charge in [0, 0.05) is 31.0 Å². The Bertz CT molecular complexity index is 759. The van der Waals surface area contributed by atoms with Crippen molar-refractivity contribution in [1.82, 2.24) is 15.0 Å². The summed E-state index contributed by atoms with van der Waals surface area (Å²) < 4.78 is 0. The third-order valence-electron chi connectivity index (χ3n) is 3.67. The van der Waals surface area contributed by atoms with Crippen LogP contribution in [0.4, 0.5) is 11.8 Å². The summed E-state index contributed by atoms with van der Waals surface area (Å²) in [5.41, 5.74) is 3.26. The monoisotopic (exact) mass is 319 g/mol. The zero-order chi connectivity index (χ0) is 16.6. The van der Waals surface area contributed by atoms with Gasteiger partial charge in [0.2, 0.25) is 5.95 Å². The fourth-order valence-corrected chi connectivity index (χ4v) is 2.43. The predicted molar refractivity (Wildman–Crippen MR) is 98.1 cm³/mol. The summed E-state index contributed by atoms with van der Waals surface area (Å²) >= 11 is 0. The Balaban J connectivity index is 1.64. The zero-order valence-electron chi connectivity index (χ0n) is 13.7. The molecule has 0 fully saturated rings. The average Bonchev–Trinajstić information content (AvgIpc) is 2.66. The maximum Gasteiger partial charge on any atom is 0.223 e. The highest BCUT2D eigenvalue weighted by Crippen LogP contribution is 2.22. The molecule has 2 N–H and O–H groups in total. The number of aryl methyl sites for hydroxylation is 1. The highest BCUT2D eigenvalue weighted by Gasteiger charge is 2.07. The molecule has 0 radical (unpaired) electrons. The number of benzene rings is 1. The topological polar surface area (TPSA) is 62.7 Å². The highest BCUT2D eigenvalue weighted by molar-refractivity contribution is 5.63. The van der Waals surface area contributed by atoms with Crippen LogP contribution in [0.3, 0.4) is 0 Å². The maximum absolute atomic E-state index is 4.69. The first-order valence-electron chi connectivity index (χ1n) is 8.17. The van der Waals surface area contributed by atoms with Gasteiger partial charge < -0.3 is 10.6 Å². The SMILES string of the molecule is CCc1cnc(NCCNc2ccccn2)nc1-c1ccccc1. The highest BCUT2D eigenvalue weighted by atomic mass is 15.1. The van der Waals surface area contributed by atoms with Gasteiger partial charge in [0.1, 0.15) is 5.82 Å². The molecule has 0 aliphatic rings. The third kappa shape index (κ3) is 4.07. The second-order valence-corrected chi connectivity index (χ2v) is 5.36. The van der Waals surface area contributed by atoms with Gasteiger partial charge in [-0.05, 0) is 24.1 Å². The summed E-state index contributed by atoms with van der Waals surface area (Å²) in [6.07, 6.45) is 4.59. The molecule has 3 aromatic rings. The van der Waals surface area contributed by atoms with Crippen LogP contribution in [0.2, 0.25) is 0 Å². The number of nitrogens with one attached hydrogen (secondary N) is 2. The number of nitrogens with zero attached hydrogens (tertiary/aromatic N) is 3. The van der Waals surface area contributed by atoms with E-state index in [1.54, 1.807) is 6.20 Å². The molecule has 5 nitrogen and oxygen atoms in total. The zero-order valence-corrected chi connectivity index (χ0v) is 13.7. The van der Waals surface area contributed by atoms with Crippen molar-refractivity contribution in [3.8, 4) is 11.3 Å². The van der Waals surface area contributed by atoms with Gasteiger partial charge in [-0.2, -0.15) is 0 Å². The van der Waals surface area contributed by atoms with Crippen molar-refractivity contribution < 1.29 is 0 Å². The van der Waals surface area contributed by atoms with Crippen molar-refractivity contribution in [2.45, 2.75) is 13.3 Å². The van der Waals surface area contributed by atoms with E-state index in [1.807, 2.05) is 42.6 Å². The summed E-state index contributed by atoms with van der Waals surface area (Å²) in [5, 5.41) is 6.52. The normalized spacial score (nSPS) is 10.4. The number of rotatable bonds is 7. The summed E-state index contributed by atoms with van der Waals surface area (Å²) in [6.45, 7) is 3.59. The van der Waals surface area contributed by atoms with Crippen molar-refractivity contribution in [2.75, 3.05) is 23.7 Å². The van der Waals surface area contributed by atoms with E-state index in [0.717, 1.165) is 42.1 Å². The van der Waals surface area contributed by atoms with E-state index in [0.29, 0.717) is 5.95 Å². The van der Waals surface area contributed by atoms with E-state index in [-0.39, 0.29) is 0 Å². The first-order valence-corrected chi connectivity index (χ1v) is 8.17. The number of pyridine rings is 1. The van der Waals surface area contributed by atoms with Crippen LogP contribution in [0.1, 0.15) is 12.5 Å². The van der Waals surface area contributed by atoms with Gasteiger partial charge in [-0.15, -0.1) is 0 Å². The van der Waals surface area contributed by atoms with Gasteiger partial charge in [-0.1, -0.05) is 43.3 Å². The molecule has 2 aromatic heterocycles. The molecule has 0 spiro atoms. The van der Waals surface area contributed by atoms with Gasteiger partial charge in [0.25, 0.3) is 0 Å². The minimum atomic E-state index is 0.647. The summed E-state index contributed by atoms with van der Waals surface area (Å²) in [4.78, 5) is 13.3. The van der Waals surface area contributed by atoms with Crippen molar-refractivity contribution in [3.63, 3.8) is 0 Å². The largest absolute Gasteiger partial charge is 0.368 e. The van der Waals surface area contributed by atoms with E-state index in [1.165, 1.54) is 0 Å². The molecular weight excluding hydrogens is 298 g/mol. The van der Waals surface area contributed by atoms with Gasteiger partial charge in [0.05, 0.1) is 5.69 Å². The van der Waals surface area contributed by atoms with E-state index in [4.69, 9.17) is 4.98 Å². The molecule has 0 atom stereocenters. The Kier molecular flexibility index (Phi) is 5.35. The average molecular weight is 319 g/mol. The standard InChI is InChI=1S/C19H21N5/c1-2-15-14-23-19(24-18(15)16-8-4-3-5-9-16)22-13-12-21-17-10-6-7-11-20-17/h3-11,14H,2,12-13H2,1H3,(H,20,21)(H,22,23,24). The van der Waals surface area contributed by atoms with E-state index < -0.39 is 0 Å². The lowest BCUT2D eigenvalue weighted by Gasteiger charge is -2.11. The Morgan fingerprint density at radius 2 is 1.67 bits per heavy atom. The Hall–Kier alpha value is -2.95. The second kappa shape index (κ2) is 8.06. The molecule has 0 unspecified atom stereocenters. The van der Waals surface area contributed by atoms with Crippen LogP contribution < -0.4 is 10.6 Å². The van der Waals surface area contributed by atoms with Gasteiger partial charge in [-0.3, -0.25) is 0 Å². The van der Waals surface area contributed by atoms with Gasteiger partial charge >= 0.3 is 0 Å². The van der Waals surface area contributed by atoms with E-state index in [2.05, 4.69) is 39.7 Å². The fraction of sp³-hybridized carbons (Fsp3) is 0.211. The molecule has 0 amide bonds. The van der Waals surface area contributed by atoms with Crippen molar-refractivity contribution in [2.24, 2.45) is 0 Å². The van der Waals surface area contributed by atoms with Gasteiger partial charge in [0.15, 0.2) is 0 Å². The fourth-order valence-electron chi connectivity index (χ4n) is 2.43. The van der Waals surface area contributed by atoms with Crippen LogP contribution in [0.15, 0.2) is 60.9 Å². The molecule has 0 aliphatic carbocycles. The maximum atomic E-state index is 4.69. The first-order chi connectivity index (χ1) is 11.9. The Labute approximate surface area is 142 Å². The number of aromatic nitrogens is 3. The molecule has 0 saturated carbocycles. The molecule has 0 saturated heterocycles. The molecule has 0 bridgehead atoms. The van der Waals surface area contributed by atoms with Crippen LogP contribution in [0.5, 0.6) is 0 Å². The molecule has 1 aromatic carbocycles. The second-order valence-electron chi connectivity index (χ2n) is 5.36. The van der Waals surface area contributed by atoms with Crippen molar-refractivity contribution in [1.29, 1.82) is 0 Å². The predicted octanol–water partition coefficient (Wildman–Crippen LogP) is 3.63. The lowest BCUT2D eigenvalue weighted by Crippen LogP contribution is -2.16.